The van der Waals surface area contributed by atoms with E-state index in [-0.39, 0.29) is 15.8 Å². The lowest BCUT2D eigenvalue weighted by molar-refractivity contribution is 0.594. The molecule has 0 unspecified atom stereocenters. The van der Waals surface area contributed by atoms with Crippen molar-refractivity contribution in [3.63, 3.8) is 0 Å². The Morgan fingerprint density at radius 3 is 2.31 bits per heavy atom. The Balaban J connectivity index is 2.17. The Kier molecular flexibility index (Phi) is 5.14. The van der Waals surface area contributed by atoms with E-state index in [1.165, 1.54) is 10.7 Å². The van der Waals surface area contributed by atoms with Crippen molar-refractivity contribution in [2.75, 3.05) is 4.72 Å². The first-order valence-electron chi connectivity index (χ1n) is 7.88. The zero-order chi connectivity index (χ0) is 19.1. The molecule has 2 heterocycles. The first kappa shape index (κ1) is 18.9. The number of halogens is 1. The van der Waals surface area contributed by atoms with Gasteiger partial charge in [-0.2, -0.15) is 0 Å². The van der Waals surface area contributed by atoms with Gasteiger partial charge in [-0.1, -0.05) is 32.0 Å². The van der Waals surface area contributed by atoms with Crippen LogP contribution in [-0.2, 0) is 17.1 Å². The highest BCUT2D eigenvalue weighted by Gasteiger charge is 2.26. The van der Waals surface area contributed by atoms with Gasteiger partial charge in [0, 0.05) is 7.05 Å². The van der Waals surface area contributed by atoms with Crippen LogP contribution < -0.4 is 10.3 Å². The molecule has 138 valence electrons. The van der Waals surface area contributed by atoms with Crippen molar-refractivity contribution in [1.82, 2.24) is 9.36 Å². The lowest BCUT2D eigenvalue weighted by Gasteiger charge is -2.13. The summed E-state index contributed by atoms with van der Waals surface area (Å²) in [6.07, 6.45) is 0. The van der Waals surface area contributed by atoms with Crippen LogP contribution in [0.15, 0.2) is 55.3 Å². The molecular weight excluding hydrogens is 438 g/mol. The van der Waals surface area contributed by atoms with Gasteiger partial charge in [0.2, 0.25) is 0 Å². The number of nitrogens with one attached hydrogen (secondary N) is 1. The van der Waals surface area contributed by atoms with Crippen molar-refractivity contribution in [2.24, 2.45) is 7.05 Å². The van der Waals surface area contributed by atoms with Crippen LogP contribution in [0.1, 0.15) is 25.5 Å². The third kappa shape index (κ3) is 3.38. The minimum absolute atomic E-state index is 0.0505. The Bertz CT molecular complexity index is 1100. The van der Waals surface area contributed by atoms with Crippen molar-refractivity contribution < 1.29 is 8.42 Å². The van der Waals surface area contributed by atoms with E-state index in [2.05, 4.69) is 20.7 Å². The molecule has 0 atom stereocenters. The quantitative estimate of drug-likeness (QED) is 0.633. The molecule has 0 radical (unpaired) electrons. The molecule has 0 bridgehead atoms. The average molecular weight is 456 g/mol. The van der Waals surface area contributed by atoms with Crippen molar-refractivity contribution >= 4 is 43.0 Å². The van der Waals surface area contributed by atoms with Gasteiger partial charge in [0.25, 0.3) is 15.6 Å². The normalized spacial score (nSPS) is 11.9. The van der Waals surface area contributed by atoms with Gasteiger partial charge < -0.3 is 0 Å². The first-order valence-corrected chi connectivity index (χ1v) is 11.0. The van der Waals surface area contributed by atoms with Gasteiger partial charge in [-0.15, -0.1) is 11.3 Å². The fourth-order valence-corrected chi connectivity index (χ4v) is 5.95. The molecule has 6 nitrogen and oxygen atoms in total. The van der Waals surface area contributed by atoms with Crippen molar-refractivity contribution in [1.29, 1.82) is 0 Å². The molecule has 0 aliphatic rings. The molecule has 0 spiro atoms. The van der Waals surface area contributed by atoms with Crippen molar-refractivity contribution in [3.8, 4) is 5.69 Å². The Morgan fingerprint density at radius 1 is 1.12 bits per heavy atom. The lowest BCUT2D eigenvalue weighted by Crippen LogP contribution is -2.22. The molecule has 26 heavy (non-hydrogen) atoms. The highest BCUT2D eigenvalue weighted by atomic mass is 79.9. The molecule has 0 saturated carbocycles. The van der Waals surface area contributed by atoms with Crippen LogP contribution in [-0.4, -0.2) is 17.8 Å². The van der Waals surface area contributed by atoms with Crippen molar-refractivity contribution in [3.05, 3.63) is 62.3 Å². The SMILES string of the molecule is CC(C)c1c(NS(=O)(=O)c2ccc(Br)s2)c(=O)n(-c2ccccc2)n1C. The fraction of sp³-hybridized carbons (Fsp3) is 0.235. The first-order chi connectivity index (χ1) is 12.2. The maximum Gasteiger partial charge on any atom is 0.296 e. The van der Waals surface area contributed by atoms with E-state index in [1.807, 2.05) is 32.0 Å². The Morgan fingerprint density at radius 2 is 1.77 bits per heavy atom. The number of aromatic nitrogens is 2. The topological polar surface area (TPSA) is 73.1 Å². The Hall–Kier alpha value is -1.84. The van der Waals surface area contributed by atoms with E-state index in [0.717, 1.165) is 11.3 Å². The third-order valence-corrected chi connectivity index (χ3v) is 7.37. The summed E-state index contributed by atoms with van der Waals surface area (Å²) in [5, 5.41) is 0. The molecule has 0 aliphatic heterocycles. The van der Waals surface area contributed by atoms with E-state index in [9.17, 15) is 13.2 Å². The maximum absolute atomic E-state index is 13.0. The molecule has 0 aliphatic carbocycles. The molecule has 1 N–H and O–H groups in total. The number of thiophene rings is 1. The van der Waals surface area contributed by atoms with Gasteiger partial charge in [0.1, 0.15) is 9.90 Å². The number of hydrogen-bond acceptors (Lipinski definition) is 4. The predicted molar refractivity (Wildman–Crippen MR) is 108 cm³/mol. The molecule has 1 aromatic carbocycles. The van der Waals surface area contributed by atoms with Crippen LogP contribution in [0, 0.1) is 0 Å². The number of nitrogens with zero attached hydrogens (tertiary/aromatic N) is 2. The van der Waals surface area contributed by atoms with Gasteiger partial charge in [0.05, 0.1) is 15.2 Å². The summed E-state index contributed by atoms with van der Waals surface area (Å²) in [7, 11) is -2.09. The molecular formula is C17H18BrN3O3S2. The summed E-state index contributed by atoms with van der Waals surface area (Å²) in [4.78, 5) is 13.0. The Labute approximate surface area is 164 Å². The molecule has 3 aromatic rings. The molecule has 3 rings (SSSR count). The van der Waals surface area contributed by atoms with Crippen molar-refractivity contribution in [2.45, 2.75) is 24.0 Å². The smallest absolute Gasteiger partial charge is 0.283 e. The van der Waals surface area contributed by atoms with E-state index in [1.54, 1.807) is 29.9 Å². The van der Waals surface area contributed by atoms with Crippen LogP contribution in [0.25, 0.3) is 5.69 Å². The summed E-state index contributed by atoms with van der Waals surface area (Å²) in [5.41, 5.74) is 0.974. The number of anilines is 1. The number of sulfonamides is 1. The number of para-hydroxylation sites is 1. The monoisotopic (exact) mass is 455 g/mol. The van der Waals surface area contributed by atoms with E-state index < -0.39 is 15.6 Å². The standard InChI is InChI=1S/C17H18BrN3O3S2/c1-11(2)16-15(19-26(23,24)14-10-9-13(18)25-14)17(22)21(20(16)3)12-7-5-4-6-8-12/h4-11,19H,1-3H3. The highest BCUT2D eigenvalue weighted by Crippen LogP contribution is 2.29. The zero-order valence-corrected chi connectivity index (χ0v) is 17.7. The summed E-state index contributed by atoms with van der Waals surface area (Å²) >= 11 is 4.36. The van der Waals surface area contributed by atoms with Crippen LogP contribution in [0.4, 0.5) is 5.69 Å². The molecule has 9 heteroatoms. The summed E-state index contributed by atoms with van der Waals surface area (Å²) < 4.78 is 32.0. The number of rotatable bonds is 5. The van der Waals surface area contributed by atoms with E-state index in [0.29, 0.717) is 15.2 Å². The maximum atomic E-state index is 13.0. The van der Waals surface area contributed by atoms with Gasteiger partial charge in [-0.25, -0.2) is 13.1 Å². The summed E-state index contributed by atoms with van der Waals surface area (Å²) in [6, 6.07) is 12.3. The lowest BCUT2D eigenvalue weighted by atomic mass is 10.1. The van der Waals surface area contributed by atoms with Gasteiger partial charge in [-0.05, 0) is 46.1 Å². The van der Waals surface area contributed by atoms with Crippen LogP contribution >= 0.6 is 27.3 Å². The van der Waals surface area contributed by atoms with E-state index >= 15 is 0 Å². The minimum Gasteiger partial charge on any atom is -0.283 e. The second-order valence-corrected chi connectivity index (χ2v) is 10.4. The molecule has 0 saturated heterocycles. The molecule has 0 amide bonds. The van der Waals surface area contributed by atoms with Crippen LogP contribution in [0.3, 0.4) is 0 Å². The minimum atomic E-state index is -3.84. The van der Waals surface area contributed by atoms with Crippen LogP contribution in [0.5, 0.6) is 0 Å². The average Bonchev–Trinajstić information content (AvgIpc) is 3.11. The second kappa shape index (κ2) is 7.05. The van der Waals surface area contributed by atoms with Gasteiger partial charge in [-0.3, -0.25) is 14.2 Å². The molecule has 2 aromatic heterocycles. The van der Waals surface area contributed by atoms with Gasteiger partial charge >= 0.3 is 0 Å². The highest BCUT2D eigenvalue weighted by molar-refractivity contribution is 9.11. The van der Waals surface area contributed by atoms with Gasteiger partial charge in [0.15, 0.2) is 0 Å². The zero-order valence-electron chi connectivity index (χ0n) is 14.4. The fourth-order valence-electron chi connectivity index (χ4n) is 2.87. The molecule has 0 fully saturated rings. The number of benzene rings is 1. The largest absolute Gasteiger partial charge is 0.296 e. The second-order valence-electron chi connectivity index (χ2n) is 6.06. The number of hydrogen-bond donors (Lipinski definition) is 1. The van der Waals surface area contributed by atoms with Crippen LogP contribution in [0.2, 0.25) is 0 Å². The predicted octanol–water partition coefficient (Wildman–Crippen LogP) is 3.92. The summed E-state index contributed by atoms with van der Waals surface area (Å²) in [5.74, 6) is -0.0505. The third-order valence-electron chi connectivity index (χ3n) is 3.91. The van der Waals surface area contributed by atoms with E-state index in [4.69, 9.17) is 0 Å². The summed E-state index contributed by atoms with van der Waals surface area (Å²) in [6.45, 7) is 3.84.